The van der Waals surface area contributed by atoms with E-state index < -0.39 is 0 Å². The van der Waals surface area contributed by atoms with Gasteiger partial charge in [-0.3, -0.25) is 4.79 Å². The van der Waals surface area contributed by atoms with Crippen molar-refractivity contribution in [3.05, 3.63) is 57.1 Å². The summed E-state index contributed by atoms with van der Waals surface area (Å²) in [5.74, 6) is -0.652. The van der Waals surface area contributed by atoms with Crippen LogP contribution in [0.15, 0.2) is 24.3 Å². The maximum atomic E-state index is 12.9. The number of rotatable bonds is 3. The molecule has 1 aromatic carbocycles. The normalized spacial score (nSPS) is 10.9. The first-order chi connectivity index (χ1) is 11.4. The number of thiazole rings is 1. The Labute approximate surface area is 147 Å². The molecule has 2 heterocycles. The summed E-state index contributed by atoms with van der Waals surface area (Å²) in [5, 5.41) is 8.23. The lowest BCUT2D eigenvalue weighted by Gasteiger charge is -2.03. The highest BCUT2D eigenvalue weighted by molar-refractivity contribution is 7.16. The zero-order valence-electron chi connectivity index (χ0n) is 13.2. The Morgan fingerprint density at radius 1 is 1.21 bits per heavy atom. The second-order valence-corrected chi connectivity index (χ2v) is 6.62. The first-order valence-electron chi connectivity index (χ1n) is 7.13. The maximum absolute atomic E-state index is 12.9. The highest BCUT2D eigenvalue weighted by Crippen LogP contribution is 2.27. The van der Waals surface area contributed by atoms with Gasteiger partial charge in [0.25, 0.3) is 5.91 Å². The Hall–Kier alpha value is -2.25. The highest BCUT2D eigenvalue weighted by Gasteiger charge is 2.19. The molecule has 1 N–H and O–H groups in total. The molecule has 2 aromatic heterocycles. The van der Waals surface area contributed by atoms with Crippen molar-refractivity contribution in [2.24, 2.45) is 0 Å². The maximum Gasteiger partial charge on any atom is 0.267 e. The number of carbonyl (C=O) groups excluding carboxylic acids is 1. The molecule has 0 aliphatic heterocycles. The third-order valence-electron chi connectivity index (χ3n) is 3.48. The first-order valence-corrected chi connectivity index (χ1v) is 8.32. The Morgan fingerprint density at radius 3 is 2.46 bits per heavy atom. The van der Waals surface area contributed by atoms with Crippen LogP contribution in [-0.4, -0.2) is 20.7 Å². The molecule has 0 bridgehead atoms. The summed E-state index contributed by atoms with van der Waals surface area (Å²) >= 11 is 7.38. The van der Waals surface area contributed by atoms with Crippen LogP contribution in [0.3, 0.4) is 0 Å². The van der Waals surface area contributed by atoms with Crippen LogP contribution in [0, 0.1) is 26.6 Å². The van der Waals surface area contributed by atoms with Gasteiger partial charge in [0.05, 0.1) is 22.1 Å². The molecule has 0 unspecified atom stereocenters. The van der Waals surface area contributed by atoms with Crippen molar-refractivity contribution < 1.29 is 9.18 Å². The number of benzene rings is 1. The molecule has 0 aliphatic carbocycles. The van der Waals surface area contributed by atoms with Crippen LogP contribution in [0.5, 0.6) is 0 Å². The number of hydrogen-bond acceptors (Lipinski definition) is 4. The molecule has 3 aromatic rings. The Bertz CT molecular complexity index is 917. The molecule has 24 heavy (non-hydrogen) atoms. The third-order valence-corrected chi connectivity index (χ3v) is 5.16. The van der Waals surface area contributed by atoms with Gasteiger partial charge in [-0.1, -0.05) is 22.9 Å². The molecule has 8 heteroatoms. The van der Waals surface area contributed by atoms with E-state index in [2.05, 4.69) is 15.4 Å². The standard InChI is InChI=1S/C16H14ClFN4OS/c1-8-13(17)10(3)22(21-8)16-19-9(2)14(24-16)15(23)20-12-6-4-11(18)5-7-12/h4-7H,1-3H3,(H,20,23). The number of aromatic nitrogens is 3. The predicted octanol–water partition coefficient (Wildman–Crippen LogP) is 4.30. The van der Waals surface area contributed by atoms with Gasteiger partial charge in [0.2, 0.25) is 5.13 Å². The van der Waals surface area contributed by atoms with Crippen molar-refractivity contribution in [1.82, 2.24) is 14.8 Å². The summed E-state index contributed by atoms with van der Waals surface area (Å²) in [6, 6.07) is 5.59. The summed E-state index contributed by atoms with van der Waals surface area (Å²) in [7, 11) is 0. The van der Waals surface area contributed by atoms with E-state index in [1.54, 1.807) is 11.6 Å². The van der Waals surface area contributed by atoms with Gasteiger partial charge in [0.15, 0.2) is 0 Å². The molecular formula is C16H14ClFN4OS. The lowest BCUT2D eigenvalue weighted by atomic mass is 10.3. The molecular weight excluding hydrogens is 351 g/mol. The predicted molar refractivity (Wildman–Crippen MR) is 92.8 cm³/mol. The van der Waals surface area contributed by atoms with Gasteiger partial charge in [0, 0.05) is 5.69 Å². The van der Waals surface area contributed by atoms with Gasteiger partial charge in [-0.15, -0.1) is 0 Å². The molecule has 0 atom stereocenters. The number of carbonyl (C=O) groups is 1. The van der Waals surface area contributed by atoms with Crippen molar-refractivity contribution >= 4 is 34.5 Å². The number of amides is 1. The number of halogens is 2. The van der Waals surface area contributed by atoms with E-state index in [0.29, 0.717) is 32.1 Å². The largest absolute Gasteiger partial charge is 0.321 e. The van der Waals surface area contributed by atoms with E-state index in [0.717, 1.165) is 5.69 Å². The lowest BCUT2D eigenvalue weighted by molar-refractivity contribution is 0.103. The van der Waals surface area contributed by atoms with Crippen LogP contribution >= 0.6 is 22.9 Å². The molecule has 5 nitrogen and oxygen atoms in total. The first kappa shape index (κ1) is 16.6. The summed E-state index contributed by atoms with van der Waals surface area (Å²) < 4.78 is 14.6. The van der Waals surface area contributed by atoms with E-state index in [1.807, 2.05) is 13.8 Å². The molecule has 0 fully saturated rings. The van der Waals surface area contributed by atoms with Crippen molar-refractivity contribution in [2.75, 3.05) is 5.32 Å². The molecule has 124 valence electrons. The number of hydrogen-bond donors (Lipinski definition) is 1. The van der Waals surface area contributed by atoms with E-state index in [9.17, 15) is 9.18 Å². The third kappa shape index (κ3) is 3.05. The van der Waals surface area contributed by atoms with Crippen LogP contribution < -0.4 is 5.32 Å². The molecule has 0 saturated carbocycles. The molecule has 0 radical (unpaired) electrons. The van der Waals surface area contributed by atoms with Crippen molar-refractivity contribution in [1.29, 1.82) is 0 Å². The van der Waals surface area contributed by atoms with Gasteiger partial charge < -0.3 is 5.32 Å². The van der Waals surface area contributed by atoms with E-state index in [-0.39, 0.29) is 11.7 Å². The minimum Gasteiger partial charge on any atom is -0.321 e. The zero-order valence-corrected chi connectivity index (χ0v) is 14.8. The highest BCUT2D eigenvalue weighted by atomic mass is 35.5. The zero-order chi connectivity index (χ0) is 17.4. The molecule has 3 rings (SSSR count). The van der Waals surface area contributed by atoms with Gasteiger partial charge in [-0.25, -0.2) is 14.1 Å². The van der Waals surface area contributed by atoms with Crippen molar-refractivity contribution in [3.63, 3.8) is 0 Å². The van der Waals surface area contributed by atoms with Gasteiger partial charge >= 0.3 is 0 Å². The summed E-state index contributed by atoms with van der Waals surface area (Å²) in [6.45, 7) is 5.42. The fourth-order valence-electron chi connectivity index (χ4n) is 2.21. The number of nitrogens with zero attached hydrogens (tertiary/aromatic N) is 3. The van der Waals surface area contributed by atoms with Crippen LogP contribution in [0.25, 0.3) is 5.13 Å². The van der Waals surface area contributed by atoms with Gasteiger partial charge in [-0.05, 0) is 45.0 Å². The fourth-order valence-corrected chi connectivity index (χ4v) is 3.30. The summed E-state index contributed by atoms with van der Waals surface area (Å²) in [4.78, 5) is 17.3. The molecule has 1 amide bonds. The summed E-state index contributed by atoms with van der Waals surface area (Å²) in [5.41, 5.74) is 2.59. The Kier molecular flexibility index (Phi) is 4.38. The van der Waals surface area contributed by atoms with Crippen molar-refractivity contribution in [3.8, 4) is 5.13 Å². The quantitative estimate of drug-likeness (QED) is 0.753. The monoisotopic (exact) mass is 364 g/mol. The molecule has 0 saturated heterocycles. The van der Waals surface area contributed by atoms with Gasteiger partial charge in [0.1, 0.15) is 10.7 Å². The fraction of sp³-hybridized carbons (Fsp3) is 0.188. The number of aryl methyl sites for hydroxylation is 2. The van der Waals surface area contributed by atoms with Crippen LogP contribution in [0.2, 0.25) is 5.02 Å². The van der Waals surface area contributed by atoms with E-state index in [1.165, 1.54) is 35.6 Å². The minimum absolute atomic E-state index is 0.296. The summed E-state index contributed by atoms with van der Waals surface area (Å²) in [6.07, 6.45) is 0. The lowest BCUT2D eigenvalue weighted by Crippen LogP contribution is -2.11. The number of anilines is 1. The topological polar surface area (TPSA) is 59.8 Å². The molecule has 0 spiro atoms. The SMILES string of the molecule is Cc1nc(-n2nc(C)c(Cl)c2C)sc1C(=O)Nc1ccc(F)cc1. The van der Waals surface area contributed by atoms with E-state index in [4.69, 9.17) is 11.6 Å². The van der Waals surface area contributed by atoms with Crippen molar-refractivity contribution in [2.45, 2.75) is 20.8 Å². The Balaban J connectivity index is 1.89. The van der Waals surface area contributed by atoms with Crippen LogP contribution in [-0.2, 0) is 0 Å². The Morgan fingerprint density at radius 2 is 1.88 bits per heavy atom. The molecule has 0 aliphatic rings. The minimum atomic E-state index is -0.356. The number of nitrogens with one attached hydrogen (secondary N) is 1. The van der Waals surface area contributed by atoms with Crippen LogP contribution in [0.4, 0.5) is 10.1 Å². The van der Waals surface area contributed by atoms with Crippen LogP contribution in [0.1, 0.15) is 26.8 Å². The van der Waals surface area contributed by atoms with Gasteiger partial charge in [-0.2, -0.15) is 5.10 Å². The average molecular weight is 365 g/mol. The second-order valence-electron chi connectivity index (χ2n) is 5.27. The smallest absolute Gasteiger partial charge is 0.267 e. The average Bonchev–Trinajstić information content (AvgIpc) is 3.05. The second kappa shape index (κ2) is 6.33. The van der Waals surface area contributed by atoms with E-state index >= 15 is 0 Å².